The summed E-state index contributed by atoms with van der Waals surface area (Å²) in [5, 5.41) is 13.3. The molecule has 0 atom stereocenters. The van der Waals surface area contributed by atoms with E-state index in [1.165, 1.54) is 5.56 Å². The molecule has 7 heteroatoms. The Morgan fingerprint density at radius 2 is 1.96 bits per heavy atom. The number of oxazole rings is 1. The Morgan fingerprint density at radius 3 is 2.54 bits per heavy atom. The smallest absolute Gasteiger partial charge is 0.234 e. The van der Waals surface area contributed by atoms with Crippen molar-refractivity contribution >= 4 is 5.88 Å². The number of aryl methyl sites for hydroxylation is 2. The van der Waals surface area contributed by atoms with Gasteiger partial charge in [-0.05, 0) is 26.7 Å². The molecule has 0 spiro atoms. The first kappa shape index (κ1) is 15.2. The van der Waals surface area contributed by atoms with Crippen LogP contribution in [0.4, 0.5) is 5.88 Å². The molecule has 1 aliphatic heterocycles. The summed E-state index contributed by atoms with van der Waals surface area (Å²) >= 11 is 0. The van der Waals surface area contributed by atoms with Crippen LogP contribution in [-0.2, 0) is 6.54 Å². The third-order valence-corrected chi connectivity index (χ3v) is 4.88. The summed E-state index contributed by atoms with van der Waals surface area (Å²) in [6, 6.07) is 2.18. The van der Waals surface area contributed by atoms with E-state index in [-0.39, 0.29) is 0 Å². The first-order chi connectivity index (χ1) is 11.7. The molecule has 1 saturated carbocycles. The molecule has 7 nitrogen and oxygen atoms in total. The van der Waals surface area contributed by atoms with Gasteiger partial charge in [0.2, 0.25) is 17.5 Å². The highest BCUT2D eigenvalue weighted by Crippen LogP contribution is 2.41. The van der Waals surface area contributed by atoms with E-state index in [0.717, 1.165) is 62.9 Å². The molecule has 24 heavy (non-hydrogen) atoms. The SMILES string of the molecule is Cc1noc(C)c1CN1CCN(c2oc(C3CC3)nc2C#N)CC1. The Hall–Kier alpha value is -2.33. The lowest BCUT2D eigenvalue weighted by molar-refractivity contribution is 0.243. The minimum atomic E-state index is 0.423. The van der Waals surface area contributed by atoms with Gasteiger partial charge >= 0.3 is 0 Å². The fourth-order valence-corrected chi connectivity index (χ4v) is 3.18. The van der Waals surface area contributed by atoms with E-state index in [1.807, 2.05) is 13.8 Å². The van der Waals surface area contributed by atoms with E-state index in [9.17, 15) is 5.26 Å². The summed E-state index contributed by atoms with van der Waals surface area (Å²) in [6.07, 6.45) is 2.24. The summed E-state index contributed by atoms with van der Waals surface area (Å²) in [5.41, 5.74) is 2.57. The number of hydrogen-bond acceptors (Lipinski definition) is 7. The molecule has 2 aromatic rings. The number of anilines is 1. The molecule has 3 heterocycles. The molecule has 0 bridgehead atoms. The van der Waals surface area contributed by atoms with E-state index in [2.05, 4.69) is 26.0 Å². The number of nitrogens with zero attached hydrogens (tertiary/aromatic N) is 5. The molecular formula is C17H21N5O2. The summed E-state index contributed by atoms with van der Waals surface area (Å²) in [7, 11) is 0. The second-order valence-corrected chi connectivity index (χ2v) is 6.66. The van der Waals surface area contributed by atoms with Crippen molar-refractivity contribution in [3.05, 3.63) is 28.6 Å². The van der Waals surface area contributed by atoms with Crippen LogP contribution in [0.25, 0.3) is 0 Å². The maximum Gasteiger partial charge on any atom is 0.234 e. The number of hydrogen-bond donors (Lipinski definition) is 0. The molecule has 0 radical (unpaired) electrons. The maximum atomic E-state index is 9.32. The maximum absolute atomic E-state index is 9.32. The molecule has 2 fully saturated rings. The number of piperazine rings is 1. The number of rotatable bonds is 4. The first-order valence-electron chi connectivity index (χ1n) is 8.45. The largest absolute Gasteiger partial charge is 0.423 e. The Balaban J connectivity index is 1.42. The highest BCUT2D eigenvalue weighted by molar-refractivity contribution is 5.48. The Bertz CT molecular complexity index is 756. The van der Waals surface area contributed by atoms with Crippen molar-refractivity contribution in [1.82, 2.24) is 15.0 Å². The normalized spacial score (nSPS) is 18.8. The lowest BCUT2D eigenvalue weighted by Crippen LogP contribution is -2.46. The minimum absolute atomic E-state index is 0.423. The van der Waals surface area contributed by atoms with Gasteiger partial charge in [0.25, 0.3) is 0 Å². The van der Waals surface area contributed by atoms with Gasteiger partial charge < -0.3 is 13.8 Å². The molecule has 4 rings (SSSR count). The molecule has 2 aliphatic rings. The topological polar surface area (TPSA) is 82.3 Å². The minimum Gasteiger partial charge on any atom is -0.423 e. The number of nitriles is 1. The lowest BCUT2D eigenvalue weighted by atomic mass is 10.2. The van der Waals surface area contributed by atoms with Crippen molar-refractivity contribution in [3.8, 4) is 6.07 Å². The van der Waals surface area contributed by atoms with Gasteiger partial charge in [-0.25, -0.2) is 4.98 Å². The van der Waals surface area contributed by atoms with Crippen molar-refractivity contribution in [2.24, 2.45) is 0 Å². The predicted octanol–water partition coefficient (Wildman–Crippen LogP) is 2.35. The Labute approximate surface area is 140 Å². The lowest BCUT2D eigenvalue weighted by Gasteiger charge is -2.34. The number of aromatic nitrogens is 2. The molecule has 0 unspecified atom stereocenters. The summed E-state index contributed by atoms with van der Waals surface area (Å²) < 4.78 is 11.1. The van der Waals surface area contributed by atoms with Gasteiger partial charge in [-0.1, -0.05) is 5.16 Å². The van der Waals surface area contributed by atoms with Gasteiger partial charge in [0.05, 0.1) is 5.69 Å². The van der Waals surface area contributed by atoms with Crippen LogP contribution in [0, 0.1) is 25.2 Å². The van der Waals surface area contributed by atoms with Crippen molar-refractivity contribution in [2.45, 2.75) is 39.2 Å². The summed E-state index contributed by atoms with van der Waals surface area (Å²) in [6.45, 7) is 8.27. The second kappa shape index (κ2) is 5.95. The Morgan fingerprint density at radius 1 is 1.21 bits per heavy atom. The monoisotopic (exact) mass is 327 g/mol. The van der Waals surface area contributed by atoms with Gasteiger partial charge in [0.1, 0.15) is 11.8 Å². The molecule has 0 aromatic carbocycles. The van der Waals surface area contributed by atoms with Gasteiger partial charge in [-0.3, -0.25) is 4.90 Å². The van der Waals surface area contributed by atoms with Gasteiger partial charge in [-0.2, -0.15) is 5.26 Å². The van der Waals surface area contributed by atoms with Crippen LogP contribution in [-0.4, -0.2) is 41.2 Å². The van der Waals surface area contributed by atoms with Crippen LogP contribution in [0.15, 0.2) is 8.94 Å². The molecule has 0 amide bonds. The van der Waals surface area contributed by atoms with E-state index in [4.69, 9.17) is 8.94 Å². The van der Waals surface area contributed by atoms with Crippen LogP contribution in [0.3, 0.4) is 0 Å². The third kappa shape index (κ3) is 2.78. The van der Waals surface area contributed by atoms with Crippen LogP contribution in [0.5, 0.6) is 0 Å². The first-order valence-corrected chi connectivity index (χ1v) is 8.45. The van der Waals surface area contributed by atoms with Crippen LogP contribution in [0.1, 0.15) is 47.4 Å². The summed E-state index contributed by atoms with van der Waals surface area (Å²) in [5.74, 6) is 2.70. The van der Waals surface area contributed by atoms with Crippen molar-refractivity contribution < 1.29 is 8.94 Å². The van der Waals surface area contributed by atoms with Crippen molar-refractivity contribution in [2.75, 3.05) is 31.1 Å². The van der Waals surface area contributed by atoms with Crippen molar-refractivity contribution in [1.29, 1.82) is 5.26 Å². The van der Waals surface area contributed by atoms with E-state index < -0.39 is 0 Å². The molecule has 1 aliphatic carbocycles. The van der Waals surface area contributed by atoms with Crippen LogP contribution < -0.4 is 4.90 Å². The fourth-order valence-electron chi connectivity index (χ4n) is 3.18. The average molecular weight is 327 g/mol. The molecule has 2 aromatic heterocycles. The van der Waals surface area contributed by atoms with Gasteiger partial charge in [0.15, 0.2) is 0 Å². The quantitative estimate of drug-likeness (QED) is 0.852. The summed E-state index contributed by atoms with van der Waals surface area (Å²) in [4.78, 5) is 8.89. The Kier molecular flexibility index (Phi) is 3.77. The zero-order chi connectivity index (χ0) is 16.7. The van der Waals surface area contributed by atoms with Gasteiger partial charge in [0, 0.05) is 44.2 Å². The molecule has 126 valence electrons. The van der Waals surface area contributed by atoms with Crippen molar-refractivity contribution in [3.63, 3.8) is 0 Å². The zero-order valence-electron chi connectivity index (χ0n) is 14.1. The third-order valence-electron chi connectivity index (χ3n) is 4.88. The molecule has 1 saturated heterocycles. The van der Waals surface area contributed by atoms with E-state index in [1.54, 1.807) is 0 Å². The molecular weight excluding hydrogens is 306 g/mol. The van der Waals surface area contributed by atoms with Gasteiger partial charge in [-0.15, -0.1) is 0 Å². The standard InChI is InChI=1S/C17H21N5O2/c1-11-14(12(2)24-20-11)10-21-5-7-22(8-6-21)17-15(9-18)19-16(23-17)13-3-4-13/h13H,3-8,10H2,1-2H3. The van der Waals surface area contributed by atoms with Crippen LogP contribution >= 0.6 is 0 Å². The van der Waals surface area contributed by atoms with Crippen LogP contribution in [0.2, 0.25) is 0 Å². The zero-order valence-corrected chi connectivity index (χ0v) is 14.1. The fraction of sp³-hybridized carbons (Fsp3) is 0.588. The second-order valence-electron chi connectivity index (χ2n) is 6.66. The highest BCUT2D eigenvalue weighted by atomic mass is 16.5. The average Bonchev–Trinajstić information content (AvgIpc) is 3.29. The highest BCUT2D eigenvalue weighted by Gasteiger charge is 2.32. The van der Waals surface area contributed by atoms with E-state index in [0.29, 0.717) is 17.5 Å². The van der Waals surface area contributed by atoms with E-state index >= 15 is 0 Å². The predicted molar refractivity (Wildman–Crippen MR) is 86.7 cm³/mol. The molecule has 0 N–H and O–H groups in total.